The van der Waals surface area contributed by atoms with E-state index in [0.717, 1.165) is 43.4 Å². The van der Waals surface area contributed by atoms with Crippen molar-refractivity contribution in [2.75, 3.05) is 37.6 Å². The topological polar surface area (TPSA) is 69.6 Å². The Morgan fingerprint density at radius 2 is 1.71 bits per heavy atom. The number of para-hydroxylation sites is 1. The fourth-order valence-electron chi connectivity index (χ4n) is 5.47. The molecule has 2 amide bonds. The molecular weight excluding hydrogens is 517 g/mol. The summed E-state index contributed by atoms with van der Waals surface area (Å²) in [7, 11) is 0. The molecule has 1 aliphatic heterocycles. The molecule has 7 nitrogen and oxygen atoms in total. The number of halogens is 1. The minimum Gasteiger partial charge on any atom is -0.333 e. The lowest BCUT2D eigenvalue weighted by Crippen LogP contribution is -2.40. The Bertz CT molecular complexity index is 1510. The van der Waals surface area contributed by atoms with Crippen LogP contribution in [-0.2, 0) is 6.54 Å². The number of hydrogen-bond donors (Lipinski definition) is 0. The Morgan fingerprint density at radius 3 is 2.49 bits per heavy atom. The van der Waals surface area contributed by atoms with Gasteiger partial charge in [0.25, 0.3) is 11.8 Å². The average Bonchev–Trinajstić information content (AvgIpc) is 2.97. The molecule has 0 N–H and O–H groups in total. The first-order valence-electron chi connectivity index (χ1n) is 14.3. The van der Waals surface area contributed by atoms with Crippen LogP contribution in [0.25, 0.3) is 10.9 Å². The van der Waals surface area contributed by atoms with E-state index < -0.39 is 5.82 Å². The molecule has 2 aromatic carbocycles. The smallest absolute Gasteiger partial charge is 0.272 e. The fraction of sp³-hybridized carbons (Fsp3) is 0.333. The Labute approximate surface area is 240 Å². The third-order valence-corrected chi connectivity index (χ3v) is 7.33. The average molecular weight is 554 g/mol. The van der Waals surface area contributed by atoms with Gasteiger partial charge in [0.1, 0.15) is 11.5 Å². The lowest BCUT2D eigenvalue weighted by molar-refractivity contribution is 0.0727. The first-order valence-corrected chi connectivity index (χ1v) is 14.3. The first-order chi connectivity index (χ1) is 19.9. The van der Waals surface area contributed by atoms with Gasteiger partial charge < -0.3 is 14.7 Å². The summed E-state index contributed by atoms with van der Waals surface area (Å²) >= 11 is 0. The molecule has 0 saturated heterocycles. The lowest BCUT2D eigenvalue weighted by Gasteiger charge is -2.32. The van der Waals surface area contributed by atoms with Gasteiger partial charge in [-0.25, -0.2) is 9.37 Å². The number of nitrogens with zero attached hydrogens (tertiary/aromatic N) is 5. The van der Waals surface area contributed by atoms with Crippen molar-refractivity contribution in [1.29, 1.82) is 0 Å². The maximum atomic E-state index is 14.7. The van der Waals surface area contributed by atoms with Gasteiger partial charge in [0.15, 0.2) is 0 Å². The second-order valence-electron chi connectivity index (χ2n) is 11.0. The van der Waals surface area contributed by atoms with Gasteiger partial charge in [-0.05, 0) is 79.9 Å². The molecule has 0 bridgehead atoms. The molecule has 1 aliphatic rings. The summed E-state index contributed by atoms with van der Waals surface area (Å²) < 4.78 is 14.7. The molecule has 0 fully saturated rings. The minimum absolute atomic E-state index is 0.154. The highest BCUT2D eigenvalue weighted by Crippen LogP contribution is 2.27. The molecule has 5 rings (SSSR count). The molecule has 0 aliphatic carbocycles. The number of rotatable bonds is 4. The van der Waals surface area contributed by atoms with E-state index in [2.05, 4.69) is 28.7 Å². The second-order valence-corrected chi connectivity index (χ2v) is 11.0. The third kappa shape index (κ3) is 6.95. The number of amides is 2. The molecule has 0 saturated carbocycles. The number of benzene rings is 2. The van der Waals surface area contributed by atoms with Crippen LogP contribution in [0, 0.1) is 11.7 Å². The molecule has 2 aromatic heterocycles. The fourth-order valence-corrected chi connectivity index (χ4v) is 5.47. The van der Waals surface area contributed by atoms with Crippen LogP contribution in [0.3, 0.4) is 0 Å². The monoisotopic (exact) mass is 553 g/mol. The first kappa shape index (κ1) is 28.4. The highest BCUT2D eigenvalue weighted by atomic mass is 19.1. The predicted octanol–water partition coefficient (Wildman–Crippen LogP) is 5.81. The van der Waals surface area contributed by atoms with E-state index in [1.165, 1.54) is 12.1 Å². The van der Waals surface area contributed by atoms with Crippen molar-refractivity contribution in [2.24, 2.45) is 5.92 Å². The van der Waals surface area contributed by atoms with E-state index in [1.807, 2.05) is 30.3 Å². The van der Waals surface area contributed by atoms with Crippen LogP contribution in [0.2, 0.25) is 0 Å². The summed E-state index contributed by atoms with van der Waals surface area (Å²) in [5, 5.41) is 0.957. The minimum atomic E-state index is -0.413. The van der Waals surface area contributed by atoms with Crippen LogP contribution in [0.4, 0.5) is 10.1 Å². The van der Waals surface area contributed by atoms with Crippen molar-refractivity contribution in [3.05, 3.63) is 102 Å². The highest BCUT2D eigenvalue weighted by molar-refractivity contribution is 6.06. The van der Waals surface area contributed by atoms with E-state index in [4.69, 9.17) is 0 Å². The molecule has 0 unspecified atom stereocenters. The zero-order valence-corrected chi connectivity index (χ0v) is 23.7. The summed E-state index contributed by atoms with van der Waals surface area (Å²) in [6, 6.07) is 19.3. The quantitative estimate of drug-likeness (QED) is 0.319. The number of carbonyl (C=O) groups excluding carboxylic acids is 2. The third-order valence-electron chi connectivity index (χ3n) is 7.33. The van der Waals surface area contributed by atoms with Crippen molar-refractivity contribution in [3.8, 4) is 0 Å². The number of fused-ring (bicyclic) bond motifs is 2. The maximum absolute atomic E-state index is 14.7. The summed E-state index contributed by atoms with van der Waals surface area (Å²) in [6.45, 7) is 8.04. The van der Waals surface area contributed by atoms with E-state index in [1.54, 1.807) is 46.5 Å². The second kappa shape index (κ2) is 13.0. The molecule has 212 valence electrons. The number of carbonyl (C=O) groups is 2. The summed E-state index contributed by atoms with van der Waals surface area (Å²) in [4.78, 5) is 42.3. The lowest BCUT2D eigenvalue weighted by atomic mass is 10.1. The van der Waals surface area contributed by atoms with Gasteiger partial charge >= 0.3 is 0 Å². The molecule has 4 aromatic rings. The van der Waals surface area contributed by atoms with E-state index in [9.17, 15) is 14.0 Å². The van der Waals surface area contributed by atoms with Crippen molar-refractivity contribution in [1.82, 2.24) is 19.8 Å². The highest BCUT2D eigenvalue weighted by Gasteiger charge is 2.25. The predicted molar refractivity (Wildman–Crippen MR) is 159 cm³/mol. The van der Waals surface area contributed by atoms with Gasteiger partial charge in [0.2, 0.25) is 0 Å². The SMILES string of the molecule is CC(C)CN1CCCN(C(=O)c2ccc3ccccc3n2)Cc2cc(F)ccc2N(C(=O)c2cccnc2)CCC1. The van der Waals surface area contributed by atoms with Crippen molar-refractivity contribution < 1.29 is 14.0 Å². The number of hydrogen-bond acceptors (Lipinski definition) is 5. The van der Waals surface area contributed by atoms with Gasteiger partial charge in [-0.1, -0.05) is 38.1 Å². The van der Waals surface area contributed by atoms with Crippen LogP contribution in [0.1, 0.15) is 53.1 Å². The Kier molecular flexibility index (Phi) is 8.99. The van der Waals surface area contributed by atoms with Crippen molar-refractivity contribution in [3.63, 3.8) is 0 Å². The normalized spacial score (nSPS) is 15.3. The van der Waals surface area contributed by atoms with Crippen LogP contribution < -0.4 is 4.90 Å². The van der Waals surface area contributed by atoms with E-state index in [-0.39, 0.29) is 18.4 Å². The zero-order chi connectivity index (χ0) is 28.8. The summed E-state index contributed by atoms with van der Waals surface area (Å²) in [5.74, 6) is -0.348. The van der Waals surface area contributed by atoms with Gasteiger partial charge in [0.05, 0.1) is 11.1 Å². The standard InChI is InChI=1S/C33H36FN5O2/c1-24(2)22-37-16-6-18-38(33(41)30-13-11-25-8-3-4-10-29(25)36-30)23-27-20-28(34)12-14-31(27)39(19-7-17-37)32(40)26-9-5-15-35-21-26/h3-5,8-15,20-21,24H,6-7,16-19,22-23H2,1-2H3. The maximum Gasteiger partial charge on any atom is 0.272 e. The molecular formula is C33H36FN5O2. The zero-order valence-electron chi connectivity index (χ0n) is 23.7. The van der Waals surface area contributed by atoms with Crippen molar-refractivity contribution in [2.45, 2.75) is 33.2 Å². The number of aromatic nitrogens is 2. The number of anilines is 1. The Morgan fingerprint density at radius 1 is 0.902 bits per heavy atom. The molecule has 3 heterocycles. The molecule has 8 heteroatoms. The van der Waals surface area contributed by atoms with Gasteiger partial charge in [-0.2, -0.15) is 0 Å². The van der Waals surface area contributed by atoms with Crippen molar-refractivity contribution >= 4 is 28.4 Å². The summed E-state index contributed by atoms with van der Waals surface area (Å²) in [6.07, 6.45) is 4.71. The largest absolute Gasteiger partial charge is 0.333 e. The Balaban J connectivity index is 1.53. The molecule has 0 atom stereocenters. The molecule has 0 radical (unpaired) electrons. The van der Waals surface area contributed by atoms with E-state index >= 15 is 0 Å². The van der Waals surface area contributed by atoms with Crippen LogP contribution >= 0.6 is 0 Å². The van der Waals surface area contributed by atoms with E-state index in [0.29, 0.717) is 41.5 Å². The molecule has 41 heavy (non-hydrogen) atoms. The van der Waals surface area contributed by atoms with Gasteiger partial charge in [-0.3, -0.25) is 14.6 Å². The van der Waals surface area contributed by atoms with Crippen LogP contribution in [0.15, 0.2) is 79.1 Å². The van der Waals surface area contributed by atoms with Gasteiger partial charge in [0, 0.05) is 49.6 Å². The Hall–Kier alpha value is -4.17. The summed E-state index contributed by atoms with van der Waals surface area (Å²) in [5.41, 5.74) is 2.73. The number of pyridine rings is 2. The van der Waals surface area contributed by atoms with Crippen LogP contribution in [-0.4, -0.2) is 64.3 Å². The van der Waals surface area contributed by atoms with Crippen LogP contribution in [0.5, 0.6) is 0 Å². The molecule has 0 spiro atoms. The van der Waals surface area contributed by atoms with Gasteiger partial charge in [-0.15, -0.1) is 0 Å².